The molecule has 0 rings (SSSR count). The van der Waals surface area contributed by atoms with Crippen molar-refractivity contribution in [2.24, 2.45) is 5.41 Å². The molecule has 0 heterocycles. The Morgan fingerprint density at radius 3 is 2.38 bits per heavy atom. The first-order chi connectivity index (χ1) is 7.22. The third kappa shape index (κ3) is 8.08. The summed E-state index contributed by atoms with van der Waals surface area (Å²) in [7, 11) is 3.57. The number of hydrogen-bond acceptors (Lipinski definition) is 4. The molecular formula is C11H23N3O2. The van der Waals surface area contributed by atoms with Crippen LogP contribution >= 0.6 is 0 Å². The van der Waals surface area contributed by atoms with Crippen molar-refractivity contribution in [2.45, 2.75) is 33.6 Å². The predicted octanol–water partition coefficient (Wildman–Crippen LogP) is 2.04. The van der Waals surface area contributed by atoms with Crippen LogP contribution < -0.4 is 5.32 Å². The van der Waals surface area contributed by atoms with Crippen molar-refractivity contribution < 1.29 is 4.92 Å². The maximum Gasteiger partial charge on any atom is 0.274 e. The summed E-state index contributed by atoms with van der Waals surface area (Å²) in [6, 6.07) is 0. The van der Waals surface area contributed by atoms with Crippen LogP contribution in [0.4, 0.5) is 0 Å². The molecular weight excluding hydrogens is 206 g/mol. The number of nitro groups is 1. The smallest absolute Gasteiger partial charge is 0.274 e. The van der Waals surface area contributed by atoms with Gasteiger partial charge in [-0.25, -0.2) is 0 Å². The van der Waals surface area contributed by atoms with Gasteiger partial charge < -0.3 is 10.2 Å². The maximum atomic E-state index is 10.4. The molecule has 0 saturated heterocycles. The Kier molecular flexibility index (Phi) is 5.85. The Morgan fingerprint density at radius 1 is 1.44 bits per heavy atom. The first-order valence-corrected chi connectivity index (χ1v) is 5.49. The largest absolute Gasteiger partial charge is 0.367 e. The van der Waals surface area contributed by atoms with Crippen molar-refractivity contribution in [3.63, 3.8) is 0 Å². The van der Waals surface area contributed by atoms with E-state index in [2.05, 4.69) is 26.1 Å². The van der Waals surface area contributed by atoms with E-state index < -0.39 is 4.92 Å². The quantitative estimate of drug-likeness (QED) is 0.430. The van der Waals surface area contributed by atoms with Gasteiger partial charge in [-0.1, -0.05) is 20.8 Å². The van der Waals surface area contributed by atoms with Crippen LogP contribution in [0.5, 0.6) is 0 Å². The lowest BCUT2D eigenvalue weighted by atomic mass is 9.91. The lowest BCUT2D eigenvalue weighted by molar-refractivity contribution is -0.404. The molecule has 0 amide bonds. The van der Waals surface area contributed by atoms with E-state index in [1.807, 2.05) is 0 Å². The normalized spacial score (nSPS) is 12.4. The van der Waals surface area contributed by atoms with E-state index in [1.54, 1.807) is 19.0 Å². The molecule has 0 aromatic rings. The molecule has 0 aromatic carbocycles. The summed E-state index contributed by atoms with van der Waals surface area (Å²) in [4.78, 5) is 11.6. The minimum atomic E-state index is -0.438. The lowest BCUT2D eigenvalue weighted by Gasteiger charge is -2.20. The van der Waals surface area contributed by atoms with Crippen molar-refractivity contribution in [1.29, 1.82) is 0 Å². The van der Waals surface area contributed by atoms with Gasteiger partial charge in [0.15, 0.2) is 5.82 Å². The van der Waals surface area contributed by atoms with Gasteiger partial charge in [-0.2, -0.15) is 0 Å². The summed E-state index contributed by atoms with van der Waals surface area (Å²) >= 11 is 0. The van der Waals surface area contributed by atoms with Crippen molar-refractivity contribution in [3.8, 4) is 0 Å². The Bertz CT molecular complexity index is 254. The molecule has 0 radical (unpaired) electrons. The van der Waals surface area contributed by atoms with Crippen LogP contribution in [0.25, 0.3) is 0 Å². The number of nitrogens with zero attached hydrogens (tertiary/aromatic N) is 2. The Hall–Kier alpha value is -1.26. The zero-order chi connectivity index (χ0) is 12.8. The Labute approximate surface area is 97.7 Å². The van der Waals surface area contributed by atoms with E-state index in [9.17, 15) is 10.1 Å². The maximum absolute atomic E-state index is 10.4. The van der Waals surface area contributed by atoms with E-state index >= 15 is 0 Å². The highest BCUT2D eigenvalue weighted by atomic mass is 16.6. The molecule has 5 nitrogen and oxygen atoms in total. The van der Waals surface area contributed by atoms with Crippen LogP contribution in [0.3, 0.4) is 0 Å². The fourth-order valence-corrected chi connectivity index (χ4v) is 1.25. The first kappa shape index (κ1) is 14.7. The zero-order valence-electron chi connectivity index (χ0n) is 10.9. The van der Waals surface area contributed by atoms with Gasteiger partial charge in [0.2, 0.25) is 0 Å². The molecule has 94 valence electrons. The third-order valence-electron chi connectivity index (χ3n) is 2.12. The van der Waals surface area contributed by atoms with Gasteiger partial charge in [-0.3, -0.25) is 10.1 Å². The Morgan fingerprint density at radius 2 is 2.00 bits per heavy atom. The van der Waals surface area contributed by atoms with E-state index in [-0.39, 0.29) is 0 Å². The fraction of sp³-hybridized carbons (Fsp3) is 0.818. The molecule has 16 heavy (non-hydrogen) atoms. The van der Waals surface area contributed by atoms with E-state index in [1.165, 1.54) is 0 Å². The van der Waals surface area contributed by atoms with E-state index in [0.29, 0.717) is 11.2 Å². The van der Waals surface area contributed by atoms with Gasteiger partial charge >= 0.3 is 0 Å². The molecule has 0 aliphatic heterocycles. The first-order valence-electron chi connectivity index (χ1n) is 5.49. The van der Waals surface area contributed by atoms with Crippen LogP contribution in [0.15, 0.2) is 12.0 Å². The second-order valence-corrected chi connectivity index (χ2v) is 5.29. The van der Waals surface area contributed by atoms with Crippen molar-refractivity contribution in [1.82, 2.24) is 10.2 Å². The molecule has 0 atom stereocenters. The van der Waals surface area contributed by atoms with Crippen LogP contribution in [-0.2, 0) is 0 Å². The van der Waals surface area contributed by atoms with Crippen molar-refractivity contribution in [3.05, 3.63) is 22.1 Å². The summed E-state index contributed by atoms with van der Waals surface area (Å²) in [5.74, 6) is 0.541. The molecule has 0 aliphatic carbocycles. The molecule has 0 bridgehead atoms. The van der Waals surface area contributed by atoms with Crippen molar-refractivity contribution in [2.75, 3.05) is 20.6 Å². The minimum absolute atomic E-state index is 0.312. The molecule has 0 spiro atoms. The molecule has 1 N–H and O–H groups in total. The summed E-state index contributed by atoms with van der Waals surface area (Å²) < 4.78 is 0. The molecule has 5 heteroatoms. The van der Waals surface area contributed by atoms with Crippen LogP contribution in [0, 0.1) is 15.5 Å². The molecule has 0 fully saturated rings. The van der Waals surface area contributed by atoms with E-state index in [4.69, 9.17) is 0 Å². The van der Waals surface area contributed by atoms with Gasteiger partial charge in [-0.05, 0) is 18.3 Å². The summed E-state index contributed by atoms with van der Waals surface area (Å²) in [5.41, 5.74) is 0.312. The van der Waals surface area contributed by atoms with Gasteiger partial charge in [-0.15, -0.1) is 0 Å². The average Bonchev–Trinajstić information content (AvgIpc) is 2.07. The van der Waals surface area contributed by atoms with Gasteiger partial charge in [0, 0.05) is 20.6 Å². The minimum Gasteiger partial charge on any atom is -0.367 e. The average molecular weight is 229 g/mol. The molecule has 0 aliphatic rings. The number of hydrogen-bond donors (Lipinski definition) is 1. The predicted molar refractivity (Wildman–Crippen MR) is 65.5 cm³/mol. The lowest BCUT2D eigenvalue weighted by Crippen LogP contribution is -2.27. The third-order valence-corrected chi connectivity index (χ3v) is 2.12. The number of rotatable bonds is 6. The number of nitrogens with one attached hydrogen (secondary N) is 1. The summed E-state index contributed by atoms with van der Waals surface area (Å²) in [5, 5.41) is 13.4. The van der Waals surface area contributed by atoms with Crippen LogP contribution in [-0.4, -0.2) is 30.5 Å². The van der Waals surface area contributed by atoms with Crippen LogP contribution in [0.1, 0.15) is 33.6 Å². The highest BCUT2D eigenvalue weighted by Crippen LogP contribution is 2.19. The summed E-state index contributed by atoms with van der Waals surface area (Å²) in [6.07, 6.45) is 3.10. The SMILES string of the molecule is CN(C)/C(=C\[N+](=O)[O-])NCCCC(C)(C)C. The molecule has 0 aromatic heterocycles. The highest BCUT2D eigenvalue weighted by Gasteiger charge is 2.10. The highest BCUT2D eigenvalue weighted by molar-refractivity contribution is 4.91. The second-order valence-electron chi connectivity index (χ2n) is 5.29. The monoisotopic (exact) mass is 229 g/mol. The standard InChI is InChI=1S/C11H23N3O2/c1-11(2,3)7-6-8-12-10(13(4)5)9-14(15)16/h9,12H,6-8H2,1-5H3/b10-9-. The van der Waals surface area contributed by atoms with Gasteiger partial charge in [0.1, 0.15) is 0 Å². The fourth-order valence-electron chi connectivity index (χ4n) is 1.25. The molecule has 0 saturated carbocycles. The van der Waals surface area contributed by atoms with Crippen LogP contribution in [0.2, 0.25) is 0 Å². The van der Waals surface area contributed by atoms with E-state index in [0.717, 1.165) is 25.6 Å². The zero-order valence-corrected chi connectivity index (χ0v) is 10.9. The van der Waals surface area contributed by atoms with Crippen molar-refractivity contribution >= 4 is 0 Å². The Balaban J connectivity index is 4.01. The summed E-state index contributed by atoms with van der Waals surface area (Å²) in [6.45, 7) is 7.32. The van der Waals surface area contributed by atoms with Gasteiger partial charge in [0.05, 0.1) is 4.92 Å². The second kappa shape index (κ2) is 6.35. The van der Waals surface area contributed by atoms with Gasteiger partial charge in [0.25, 0.3) is 6.20 Å². The molecule has 0 unspecified atom stereocenters. The topological polar surface area (TPSA) is 58.4 Å².